The number of hydrogen-bond acceptors (Lipinski definition) is 3. The Balaban J connectivity index is 1.96. The third-order valence-corrected chi connectivity index (χ3v) is 3.43. The molecule has 0 saturated carbocycles. The number of halogens is 3. The summed E-state index contributed by atoms with van der Waals surface area (Å²) in [6, 6.07) is 9.23. The molecule has 26 heavy (non-hydrogen) atoms. The second-order valence-corrected chi connectivity index (χ2v) is 5.13. The van der Waals surface area contributed by atoms with Crippen LogP contribution in [-0.2, 0) is 6.18 Å². The lowest BCUT2D eigenvalue weighted by molar-refractivity contribution is -0.137. The van der Waals surface area contributed by atoms with Crippen LogP contribution < -0.4 is 14.8 Å². The van der Waals surface area contributed by atoms with Crippen LogP contribution in [0.15, 0.2) is 42.5 Å². The molecule has 0 spiro atoms. The molecule has 0 bridgehead atoms. The Morgan fingerprint density at radius 1 is 1.04 bits per heavy atom. The number of alkyl halides is 3. The summed E-state index contributed by atoms with van der Waals surface area (Å²) in [5, 5.41) is 2.60. The molecule has 2 rings (SSSR count). The zero-order valence-electron chi connectivity index (χ0n) is 14.1. The Kier molecular flexibility index (Phi) is 6.12. The summed E-state index contributed by atoms with van der Waals surface area (Å²) >= 11 is 0. The van der Waals surface area contributed by atoms with Crippen molar-refractivity contribution in [1.82, 2.24) is 5.32 Å². The van der Waals surface area contributed by atoms with Gasteiger partial charge in [-0.2, -0.15) is 13.2 Å². The van der Waals surface area contributed by atoms with Gasteiger partial charge >= 0.3 is 6.18 Å². The van der Waals surface area contributed by atoms with Gasteiger partial charge in [0.25, 0.3) is 5.91 Å². The zero-order chi connectivity index (χ0) is 19.2. The lowest BCUT2D eigenvalue weighted by atomic mass is 10.1. The van der Waals surface area contributed by atoms with E-state index in [9.17, 15) is 18.0 Å². The summed E-state index contributed by atoms with van der Waals surface area (Å²) in [7, 11) is 2.96. The molecular formula is C19H16F3NO3. The molecule has 0 fully saturated rings. The molecule has 0 aliphatic carbocycles. The van der Waals surface area contributed by atoms with E-state index in [0.29, 0.717) is 22.6 Å². The summed E-state index contributed by atoms with van der Waals surface area (Å²) in [5.74, 6) is 5.97. The molecule has 0 heterocycles. The molecule has 0 aliphatic heterocycles. The number of ether oxygens (including phenoxy) is 2. The van der Waals surface area contributed by atoms with Crippen molar-refractivity contribution in [2.45, 2.75) is 6.18 Å². The standard InChI is InChI=1S/C19H16F3NO3/c1-25-16-10-7-14(12-17(16)26-2)18(24)23-11-3-4-13-5-8-15(9-6-13)19(20,21)22/h5-10,12H,11H2,1-2H3,(H,23,24). The molecule has 2 aromatic rings. The number of nitrogens with one attached hydrogen (secondary N) is 1. The maximum atomic E-state index is 12.5. The fourth-order valence-corrected chi connectivity index (χ4v) is 2.09. The van der Waals surface area contributed by atoms with Crippen LogP contribution in [0.3, 0.4) is 0 Å². The monoisotopic (exact) mass is 363 g/mol. The van der Waals surface area contributed by atoms with Crippen molar-refractivity contribution in [3.05, 3.63) is 59.2 Å². The van der Waals surface area contributed by atoms with Crippen molar-refractivity contribution in [1.29, 1.82) is 0 Å². The predicted octanol–water partition coefficient (Wildman–Crippen LogP) is 3.50. The number of amides is 1. The highest BCUT2D eigenvalue weighted by molar-refractivity contribution is 5.95. The normalized spacial score (nSPS) is 10.5. The van der Waals surface area contributed by atoms with Gasteiger partial charge in [0.05, 0.1) is 26.3 Å². The van der Waals surface area contributed by atoms with Crippen LogP contribution in [0, 0.1) is 11.8 Å². The van der Waals surface area contributed by atoms with E-state index in [0.717, 1.165) is 12.1 Å². The molecule has 1 N–H and O–H groups in total. The van der Waals surface area contributed by atoms with Gasteiger partial charge in [0.1, 0.15) is 0 Å². The highest BCUT2D eigenvalue weighted by atomic mass is 19.4. The van der Waals surface area contributed by atoms with Crippen molar-refractivity contribution >= 4 is 5.91 Å². The lowest BCUT2D eigenvalue weighted by Crippen LogP contribution is -2.23. The van der Waals surface area contributed by atoms with Crippen LogP contribution in [0.2, 0.25) is 0 Å². The minimum Gasteiger partial charge on any atom is -0.493 e. The Morgan fingerprint density at radius 2 is 1.69 bits per heavy atom. The summed E-state index contributed by atoms with van der Waals surface area (Å²) in [5.41, 5.74) is 0.0714. The van der Waals surface area contributed by atoms with Crippen LogP contribution >= 0.6 is 0 Å². The van der Waals surface area contributed by atoms with Gasteiger partial charge in [-0.25, -0.2) is 0 Å². The molecule has 0 aromatic heterocycles. The van der Waals surface area contributed by atoms with E-state index in [4.69, 9.17) is 9.47 Å². The van der Waals surface area contributed by atoms with E-state index in [1.807, 2.05) is 0 Å². The summed E-state index contributed by atoms with van der Waals surface area (Å²) in [6.07, 6.45) is -4.38. The lowest BCUT2D eigenvalue weighted by Gasteiger charge is -2.09. The molecule has 0 aliphatic rings. The first-order valence-corrected chi connectivity index (χ1v) is 7.51. The van der Waals surface area contributed by atoms with Gasteiger partial charge in [-0.3, -0.25) is 4.79 Å². The Morgan fingerprint density at radius 3 is 2.27 bits per heavy atom. The number of methoxy groups -OCH3 is 2. The van der Waals surface area contributed by atoms with Crippen LogP contribution in [0.25, 0.3) is 0 Å². The molecule has 1 amide bonds. The topological polar surface area (TPSA) is 47.6 Å². The van der Waals surface area contributed by atoms with Crippen molar-refractivity contribution in [2.24, 2.45) is 0 Å². The maximum Gasteiger partial charge on any atom is 0.416 e. The largest absolute Gasteiger partial charge is 0.493 e. The molecule has 0 saturated heterocycles. The Labute approximate surface area is 148 Å². The van der Waals surface area contributed by atoms with E-state index < -0.39 is 11.7 Å². The second-order valence-electron chi connectivity index (χ2n) is 5.13. The first-order valence-electron chi connectivity index (χ1n) is 7.51. The third-order valence-electron chi connectivity index (χ3n) is 3.43. The van der Waals surface area contributed by atoms with Gasteiger partial charge in [-0.15, -0.1) is 0 Å². The summed E-state index contributed by atoms with van der Waals surface area (Å²) < 4.78 is 47.7. The average molecular weight is 363 g/mol. The number of benzene rings is 2. The van der Waals surface area contributed by atoms with Crippen molar-refractivity contribution in [3.63, 3.8) is 0 Å². The first-order chi connectivity index (χ1) is 12.3. The minimum atomic E-state index is -4.38. The Bertz CT molecular complexity index is 834. The third kappa shape index (κ3) is 4.93. The van der Waals surface area contributed by atoms with Gasteiger partial charge in [0.2, 0.25) is 0 Å². The molecule has 0 atom stereocenters. The van der Waals surface area contributed by atoms with Crippen LogP contribution in [0.5, 0.6) is 11.5 Å². The van der Waals surface area contributed by atoms with E-state index in [-0.39, 0.29) is 12.5 Å². The van der Waals surface area contributed by atoms with E-state index in [2.05, 4.69) is 17.2 Å². The van der Waals surface area contributed by atoms with Crippen molar-refractivity contribution in [3.8, 4) is 23.3 Å². The number of carbonyl (C=O) groups excluding carboxylic acids is 1. The fraction of sp³-hybridized carbons (Fsp3) is 0.211. The van der Waals surface area contributed by atoms with Crippen molar-refractivity contribution in [2.75, 3.05) is 20.8 Å². The molecule has 2 aromatic carbocycles. The molecule has 136 valence electrons. The first kappa shape index (κ1) is 19.2. The van der Waals surface area contributed by atoms with Gasteiger partial charge in [0, 0.05) is 11.1 Å². The average Bonchev–Trinajstić information content (AvgIpc) is 2.64. The van der Waals surface area contributed by atoms with Gasteiger partial charge < -0.3 is 14.8 Å². The predicted molar refractivity (Wildman–Crippen MR) is 90.2 cm³/mol. The molecular weight excluding hydrogens is 347 g/mol. The molecule has 0 radical (unpaired) electrons. The van der Waals surface area contributed by atoms with Gasteiger partial charge in [-0.05, 0) is 42.5 Å². The van der Waals surface area contributed by atoms with Gasteiger partial charge in [-0.1, -0.05) is 11.8 Å². The molecule has 7 heteroatoms. The molecule has 4 nitrogen and oxygen atoms in total. The number of carbonyl (C=O) groups is 1. The smallest absolute Gasteiger partial charge is 0.416 e. The van der Waals surface area contributed by atoms with Crippen LogP contribution in [0.4, 0.5) is 13.2 Å². The Hall–Kier alpha value is -3.14. The number of hydrogen-bond donors (Lipinski definition) is 1. The fourth-order valence-electron chi connectivity index (χ4n) is 2.09. The maximum absolute atomic E-state index is 12.5. The summed E-state index contributed by atoms with van der Waals surface area (Å²) in [6.45, 7) is 0.0498. The van der Waals surface area contributed by atoms with E-state index >= 15 is 0 Å². The van der Waals surface area contributed by atoms with Crippen LogP contribution in [-0.4, -0.2) is 26.7 Å². The molecule has 0 unspecified atom stereocenters. The van der Waals surface area contributed by atoms with E-state index in [1.165, 1.54) is 32.4 Å². The summed E-state index contributed by atoms with van der Waals surface area (Å²) in [4.78, 5) is 12.1. The minimum absolute atomic E-state index is 0.0498. The SMILES string of the molecule is COc1ccc(C(=O)NCC#Cc2ccc(C(F)(F)F)cc2)cc1OC. The quantitative estimate of drug-likeness (QED) is 0.846. The highest BCUT2D eigenvalue weighted by Crippen LogP contribution is 2.29. The van der Waals surface area contributed by atoms with E-state index in [1.54, 1.807) is 12.1 Å². The van der Waals surface area contributed by atoms with Crippen molar-refractivity contribution < 1.29 is 27.4 Å². The highest BCUT2D eigenvalue weighted by Gasteiger charge is 2.29. The van der Waals surface area contributed by atoms with Crippen LogP contribution in [0.1, 0.15) is 21.5 Å². The number of rotatable bonds is 4. The van der Waals surface area contributed by atoms with Gasteiger partial charge in [0.15, 0.2) is 11.5 Å². The zero-order valence-corrected chi connectivity index (χ0v) is 14.1. The second kappa shape index (κ2) is 8.30.